The molecule has 2 aliphatic heterocycles. The Hall–Kier alpha value is -8.10. The van der Waals surface area contributed by atoms with E-state index in [2.05, 4.69) is 10.6 Å². The van der Waals surface area contributed by atoms with Crippen LogP contribution in [0.5, 0.6) is 11.5 Å². The second-order valence-electron chi connectivity index (χ2n) is 13.1. The average Bonchev–Trinajstić information content (AvgIpc) is 3.84. The molecule has 0 fully saturated rings. The number of alkyl halides is 12. The van der Waals surface area contributed by atoms with Crippen molar-refractivity contribution in [2.75, 3.05) is 10.6 Å². The second-order valence-corrected chi connectivity index (χ2v) is 13.1. The van der Waals surface area contributed by atoms with Gasteiger partial charge in [0.2, 0.25) is 11.8 Å². The zero-order valence-electron chi connectivity index (χ0n) is 30.2. The number of halogens is 12. The highest BCUT2D eigenvalue weighted by Crippen LogP contribution is 2.62. The van der Waals surface area contributed by atoms with Crippen LogP contribution >= 0.6 is 0 Å². The molecule has 5 aromatic carbocycles. The van der Waals surface area contributed by atoms with E-state index < -0.39 is 92.5 Å². The van der Waals surface area contributed by atoms with Crippen molar-refractivity contribution in [3.05, 3.63) is 130 Å². The van der Waals surface area contributed by atoms with Crippen LogP contribution in [0.25, 0.3) is 44.5 Å². The van der Waals surface area contributed by atoms with Crippen molar-refractivity contribution in [3.8, 4) is 80.3 Å². The quantitative estimate of drug-likeness (QED) is 0.135. The van der Waals surface area contributed by atoms with Gasteiger partial charge in [0.25, 0.3) is 0 Å². The zero-order valence-corrected chi connectivity index (χ0v) is 30.2. The largest absolute Gasteiger partial charge is 0.436 e. The molecule has 310 valence electrons. The maximum absolute atomic E-state index is 14.1. The predicted octanol–water partition coefficient (Wildman–Crippen LogP) is 12.6. The first-order chi connectivity index (χ1) is 29.1. The van der Waals surface area contributed by atoms with Crippen LogP contribution in [0, 0.1) is 45.3 Å². The SMILES string of the molecule is N#CC(C#N)=C1Nc2c(c(-c3ccccc3-c3cc(C(F)(F)F)cc(C(F)(F)F)c3)c3c(c2-c2ccccc2-c2cc(C(F)(F)F)cc(C(F)(F)F)c2)OC(=C(C#N)C#N)N3)O1. The van der Waals surface area contributed by atoms with Gasteiger partial charge >= 0.3 is 24.7 Å². The lowest BCUT2D eigenvalue weighted by molar-refractivity contribution is -0.144. The van der Waals surface area contributed by atoms with E-state index in [1.54, 1.807) is 24.3 Å². The van der Waals surface area contributed by atoms with E-state index >= 15 is 0 Å². The van der Waals surface area contributed by atoms with Crippen LogP contribution < -0.4 is 20.1 Å². The molecular weight excluding hydrogens is 848 g/mol. The average molecular weight is 865 g/mol. The van der Waals surface area contributed by atoms with Crippen LogP contribution in [0.4, 0.5) is 64.1 Å². The molecule has 2 aliphatic rings. The standard InChI is InChI=1S/C42H16F12N6O2/c43-39(44,45)23-9-19(10-24(13-23)40(46,47)48)27-5-1-3-7-29(27)31-33-36(62-37(59-33)21(15-55)16-56)32(34-35(31)61-38(60-34)22(17-57)18-58)30-8-4-2-6-28(30)20-11-25(41(49,50)51)14-26(12-20)42(52,53)54/h1-14,59-60H. The third-order valence-electron chi connectivity index (χ3n) is 9.39. The summed E-state index contributed by atoms with van der Waals surface area (Å²) in [6, 6.07) is 17.8. The van der Waals surface area contributed by atoms with Gasteiger partial charge in [0, 0.05) is 0 Å². The maximum Gasteiger partial charge on any atom is 0.416 e. The van der Waals surface area contributed by atoms with Gasteiger partial charge < -0.3 is 20.1 Å². The molecule has 20 heteroatoms. The molecule has 62 heavy (non-hydrogen) atoms. The normalized spacial score (nSPS) is 13.2. The Bertz CT molecular complexity index is 2630. The number of benzene rings is 5. The van der Waals surface area contributed by atoms with Crippen molar-refractivity contribution >= 4 is 11.4 Å². The number of hydrogen-bond acceptors (Lipinski definition) is 8. The number of nitrogens with one attached hydrogen (secondary N) is 2. The van der Waals surface area contributed by atoms with E-state index in [1.165, 1.54) is 36.4 Å². The lowest BCUT2D eigenvalue weighted by Gasteiger charge is -2.21. The minimum absolute atomic E-state index is 0.0942. The molecule has 2 N–H and O–H groups in total. The molecule has 2 heterocycles. The Morgan fingerprint density at radius 3 is 0.952 bits per heavy atom. The third-order valence-corrected chi connectivity index (χ3v) is 9.39. The van der Waals surface area contributed by atoms with Gasteiger partial charge in [0.1, 0.15) is 24.3 Å². The van der Waals surface area contributed by atoms with Gasteiger partial charge in [-0.1, -0.05) is 48.5 Å². The minimum atomic E-state index is -5.28. The molecule has 0 saturated carbocycles. The summed E-state index contributed by atoms with van der Waals surface area (Å²) in [6.07, 6.45) is -21.1. The number of allylic oxidation sites excluding steroid dienone is 2. The molecule has 7 rings (SSSR count). The van der Waals surface area contributed by atoms with Crippen LogP contribution in [0.3, 0.4) is 0 Å². The Labute approximate surface area is 340 Å². The highest BCUT2D eigenvalue weighted by atomic mass is 19.4. The smallest absolute Gasteiger partial charge is 0.416 e. The van der Waals surface area contributed by atoms with Gasteiger partial charge in [0.15, 0.2) is 22.6 Å². The van der Waals surface area contributed by atoms with Gasteiger partial charge in [-0.3, -0.25) is 0 Å². The fourth-order valence-electron chi connectivity index (χ4n) is 6.75. The maximum atomic E-state index is 14.1. The minimum Gasteiger partial charge on any atom is -0.436 e. The predicted molar refractivity (Wildman–Crippen MR) is 193 cm³/mol. The molecule has 0 unspecified atom stereocenters. The molecule has 0 bridgehead atoms. The second kappa shape index (κ2) is 14.9. The van der Waals surface area contributed by atoms with E-state index in [9.17, 15) is 73.7 Å². The number of fused-ring (bicyclic) bond motifs is 2. The lowest BCUT2D eigenvalue weighted by Crippen LogP contribution is -2.11. The van der Waals surface area contributed by atoms with Crippen molar-refractivity contribution in [2.24, 2.45) is 0 Å². The van der Waals surface area contributed by atoms with Crippen molar-refractivity contribution in [3.63, 3.8) is 0 Å². The topological polar surface area (TPSA) is 138 Å². The molecule has 0 radical (unpaired) electrons. The highest BCUT2D eigenvalue weighted by molar-refractivity contribution is 6.09. The van der Waals surface area contributed by atoms with Crippen molar-refractivity contribution in [1.29, 1.82) is 21.0 Å². The Morgan fingerprint density at radius 2 is 0.694 bits per heavy atom. The Balaban J connectivity index is 1.63. The monoisotopic (exact) mass is 864 g/mol. The highest BCUT2D eigenvalue weighted by Gasteiger charge is 2.42. The molecule has 0 spiro atoms. The first-order valence-electron chi connectivity index (χ1n) is 17.1. The molecule has 0 atom stereocenters. The molecular formula is C42H16F12N6O2. The van der Waals surface area contributed by atoms with Crippen molar-refractivity contribution in [1.82, 2.24) is 0 Å². The van der Waals surface area contributed by atoms with E-state index in [-0.39, 0.29) is 56.9 Å². The summed E-state index contributed by atoms with van der Waals surface area (Å²) in [6.45, 7) is 0. The number of hydrogen-bond donors (Lipinski definition) is 2. The van der Waals surface area contributed by atoms with Gasteiger partial charge in [-0.2, -0.15) is 73.7 Å². The first-order valence-corrected chi connectivity index (χ1v) is 17.1. The lowest BCUT2D eigenvalue weighted by atomic mass is 9.86. The van der Waals surface area contributed by atoms with Crippen LogP contribution in [-0.2, 0) is 24.7 Å². The van der Waals surface area contributed by atoms with Crippen LogP contribution in [0.1, 0.15) is 22.3 Å². The van der Waals surface area contributed by atoms with Gasteiger partial charge in [-0.25, -0.2) is 0 Å². The summed E-state index contributed by atoms with van der Waals surface area (Å²) in [5.41, 5.74) is -11.8. The van der Waals surface area contributed by atoms with E-state index in [0.717, 1.165) is 12.1 Å². The Morgan fingerprint density at radius 1 is 0.419 bits per heavy atom. The Kier molecular flexibility index (Phi) is 10.1. The molecule has 8 nitrogen and oxygen atoms in total. The van der Waals surface area contributed by atoms with Gasteiger partial charge in [-0.15, -0.1) is 0 Å². The van der Waals surface area contributed by atoms with Crippen LogP contribution in [0.2, 0.25) is 0 Å². The number of anilines is 2. The van der Waals surface area contributed by atoms with Gasteiger partial charge in [-0.05, 0) is 69.8 Å². The molecule has 0 amide bonds. The van der Waals surface area contributed by atoms with Crippen molar-refractivity contribution in [2.45, 2.75) is 24.7 Å². The number of ether oxygens (including phenoxy) is 2. The summed E-state index contributed by atoms with van der Waals surface area (Å²) in [5.74, 6) is -2.10. The van der Waals surface area contributed by atoms with Crippen LogP contribution in [-0.4, -0.2) is 0 Å². The molecule has 5 aromatic rings. The fourth-order valence-corrected chi connectivity index (χ4v) is 6.75. The zero-order chi connectivity index (χ0) is 45.1. The number of nitrogens with zero attached hydrogens (tertiary/aromatic N) is 4. The number of rotatable bonds is 4. The van der Waals surface area contributed by atoms with E-state index in [0.29, 0.717) is 24.3 Å². The van der Waals surface area contributed by atoms with E-state index in [1.807, 2.05) is 0 Å². The summed E-state index contributed by atoms with van der Waals surface area (Å²) in [5, 5.41) is 44.5. The summed E-state index contributed by atoms with van der Waals surface area (Å²) in [7, 11) is 0. The first kappa shape index (κ1) is 42.0. The fraction of sp³-hybridized carbons (Fsp3) is 0.0952. The molecule has 0 aromatic heterocycles. The summed E-state index contributed by atoms with van der Waals surface area (Å²) >= 11 is 0. The van der Waals surface area contributed by atoms with Gasteiger partial charge in [0.05, 0.1) is 44.8 Å². The third kappa shape index (κ3) is 7.50. The summed E-state index contributed by atoms with van der Waals surface area (Å²) < 4.78 is 181. The molecule has 0 saturated heterocycles. The molecule has 0 aliphatic carbocycles. The van der Waals surface area contributed by atoms with Crippen LogP contribution in [0.15, 0.2) is 108 Å². The summed E-state index contributed by atoms with van der Waals surface area (Å²) in [4.78, 5) is 0. The number of nitriles is 4. The van der Waals surface area contributed by atoms with E-state index in [4.69, 9.17) is 9.47 Å². The van der Waals surface area contributed by atoms with Crippen molar-refractivity contribution < 1.29 is 62.2 Å².